The molecule has 0 aromatic rings. The number of carboxylic acids is 1. The van der Waals surface area contributed by atoms with E-state index in [-0.39, 0.29) is 29.1 Å². The summed E-state index contributed by atoms with van der Waals surface area (Å²) >= 11 is 0. The number of carbonyl (C=O) groups is 2. The highest BCUT2D eigenvalue weighted by Crippen LogP contribution is 2.47. The lowest BCUT2D eigenvalue weighted by Gasteiger charge is -2.39. The monoisotopic (exact) mass is 443 g/mol. The molecule has 3 aliphatic rings. The van der Waals surface area contributed by atoms with Crippen molar-refractivity contribution in [2.24, 2.45) is 29.1 Å². The number of Topliss-reactive ketones (excluding diaryl/α,β-unsaturated/α-hetero) is 1. The van der Waals surface area contributed by atoms with E-state index in [2.05, 4.69) is 38.2 Å². The largest absolute Gasteiger partial charge is 0.512 e. The molecular formula is C26H37NO5. The highest BCUT2D eigenvalue weighted by molar-refractivity contribution is 6.47. The molecule has 0 aliphatic heterocycles. The first-order chi connectivity index (χ1) is 15.1. The summed E-state index contributed by atoms with van der Waals surface area (Å²) in [7, 11) is 0. The van der Waals surface area contributed by atoms with Gasteiger partial charge in [-0.1, -0.05) is 51.0 Å². The van der Waals surface area contributed by atoms with Crippen molar-refractivity contribution in [1.82, 2.24) is 0 Å². The van der Waals surface area contributed by atoms with E-state index in [1.54, 1.807) is 0 Å². The van der Waals surface area contributed by atoms with Crippen LogP contribution < -0.4 is 0 Å². The van der Waals surface area contributed by atoms with Gasteiger partial charge in [0.1, 0.15) is 5.76 Å². The van der Waals surface area contributed by atoms with E-state index < -0.39 is 30.0 Å². The van der Waals surface area contributed by atoms with Crippen molar-refractivity contribution < 1.29 is 24.9 Å². The molecule has 4 N–H and O–H groups in total. The topological polar surface area (TPSA) is 119 Å². The number of carboxylic acid groups (broad SMARTS) is 1. The second-order valence-electron chi connectivity index (χ2n) is 10.6. The van der Waals surface area contributed by atoms with Crippen molar-refractivity contribution >= 4 is 17.5 Å². The van der Waals surface area contributed by atoms with Gasteiger partial charge in [0.25, 0.3) is 0 Å². The van der Waals surface area contributed by atoms with E-state index in [4.69, 9.17) is 10.5 Å². The standard InChI is InChI=1S/C26H37NO5/c1-26(2)15-22(29)24(25(32)20(27)14-23(30)31)21(28)13-19(26)12-16-8-10-18(11-9-16)17-6-4-3-5-7-17/h3-6,16-19,21,27-29H,7-15H2,1-2H3,(H,30,31)/t16?,17?,18?,19-,21+/m1/s1. The van der Waals surface area contributed by atoms with Crippen LogP contribution in [0.25, 0.3) is 0 Å². The average molecular weight is 444 g/mol. The number of carbonyl (C=O) groups excluding carboxylic acids is 1. The summed E-state index contributed by atoms with van der Waals surface area (Å²) < 4.78 is 0. The number of rotatable bonds is 7. The van der Waals surface area contributed by atoms with E-state index in [0.717, 1.165) is 31.6 Å². The third-order valence-electron chi connectivity index (χ3n) is 7.86. The predicted molar refractivity (Wildman–Crippen MR) is 124 cm³/mol. The summed E-state index contributed by atoms with van der Waals surface area (Å²) in [6.07, 6.45) is 14.4. The maximum atomic E-state index is 12.6. The Morgan fingerprint density at radius 2 is 1.84 bits per heavy atom. The Balaban J connectivity index is 1.64. The number of nitrogens with one attached hydrogen (secondary N) is 1. The minimum absolute atomic E-state index is 0.123. The Kier molecular flexibility index (Phi) is 7.75. The molecule has 0 amide bonds. The highest BCUT2D eigenvalue weighted by Gasteiger charge is 2.41. The van der Waals surface area contributed by atoms with Crippen LogP contribution in [0.2, 0.25) is 0 Å². The Bertz CT molecular complexity index is 829. The van der Waals surface area contributed by atoms with Crippen LogP contribution in [0.4, 0.5) is 0 Å². The molecule has 176 valence electrons. The first-order valence-electron chi connectivity index (χ1n) is 11.9. The van der Waals surface area contributed by atoms with Gasteiger partial charge in [0.15, 0.2) is 0 Å². The van der Waals surface area contributed by atoms with Gasteiger partial charge in [-0.15, -0.1) is 0 Å². The van der Waals surface area contributed by atoms with Crippen LogP contribution in [0.15, 0.2) is 35.6 Å². The van der Waals surface area contributed by atoms with Gasteiger partial charge >= 0.3 is 5.97 Å². The summed E-state index contributed by atoms with van der Waals surface area (Å²) in [5, 5.41) is 38.1. The molecular weight excluding hydrogens is 406 g/mol. The van der Waals surface area contributed by atoms with Crippen molar-refractivity contribution in [1.29, 1.82) is 5.41 Å². The van der Waals surface area contributed by atoms with E-state index in [1.807, 2.05) is 0 Å². The van der Waals surface area contributed by atoms with Crippen LogP contribution in [0.3, 0.4) is 0 Å². The molecule has 3 atom stereocenters. The minimum Gasteiger partial charge on any atom is -0.512 e. The van der Waals surface area contributed by atoms with Crippen LogP contribution >= 0.6 is 0 Å². The molecule has 32 heavy (non-hydrogen) atoms. The summed E-state index contributed by atoms with van der Waals surface area (Å²) in [6, 6.07) is 0. The fourth-order valence-electron chi connectivity index (χ4n) is 5.87. The fourth-order valence-corrected chi connectivity index (χ4v) is 5.87. The smallest absolute Gasteiger partial charge is 0.309 e. The fraction of sp³-hybridized carbons (Fsp3) is 0.654. The number of hydrogen-bond acceptors (Lipinski definition) is 5. The molecule has 0 bridgehead atoms. The number of aliphatic hydroxyl groups excluding tert-OH is 2. The summed E-state index contributed by atoms with van der Waals surface area (Å²) in [5.74, 6) is -0.272. The summed E-state index contributed by atoms with van der Waals surface area (Å²) in [6.45, 7) is 4.11. The Morgan fingerprint density at radius 1 is 1.16 bits per heavy atom. The van der Waals surface area contributed by atoms with Gasteiger partial charge in [-0.25, -0.2) is 0 Å². The van der Waals surface area contributed by atoms with Gasteiger partial charge < -0.3 is 20.7 Å². The van der Waals surface area contributed by atoms with Gasteiger partial charge in [0.2, 0.25) is 5.78 Å². The lowest BCUT2D eigenvalue weighted by Crippen LogP contribution is -2.31. The molecule has 0 aromatic heterocycles. The van der Waals surface area contributed by atoms with Gasteiger partial charge in [0, 0.05) is 6.42 Å². The maximum Gasteiger partial charge on any atom is 0.309 e. The first kappa shape index (κ1) is 24.4. The van der Waals surface area contributed by atoms with E-state index >= 15 is 0 Å². The quantitative estimate of drug-likeness (QED) is 0.413. The van der Waals surface area contributed by atoms with Gasteiger partial charge in [-0.3, -0.25) is 9.59 Å². The number of aliphatic carboxylic acids is 1. The van der Waals surface area contributed by atoms with Gasteiger partial charge in [0.05, 0.1) is 23.8 Å². The lowest BCUT2D eigenvalue weighted by atomic mass is 9.67. The Labute approximate surface area is 190 Å². The zero-order chi connectivity index (χ0) is 23.5. The third-order valence-corrected chi connectivity index (χ3v) is 7.86. The minimum atomic E-state index is -1.28. The van der Waals surface area contributed by atoms with Crippen molar-refractivity contribution in [3.05, 3.63) is 35.6 Å². The lowest BCUT2D eigenvalue weighted by molar-refractivity contribution is -0.136. The second kappa shape index (κ2) is 10.2. The van der Waals surface area contributed by atoms with Gasteiger partial charge in [-0.2, -0.15) is 0 Å². The zero-order valence-electron chi connectivity index (χ0n) is 19.2. The number of allylic oxidation sites excluding steroid dienone is 5. The van der Waals surface area contributed by atoms with Crippen molar-refractivity contribution in [2.45, 2.75) is 77.7 Å². The van der Waals surface area contributed by atoms with Crippen LogP contribution in [0.1, 0.15) is 71.6 Å². The molecule has 3 aliphatic carbocycles. The van der Waals surface area contributed by atoms with Crippen LogP contribution in [0, 0.1) is 34.5 Å². The predicted octanol–water partition coefficient (Wildman–Crippen LogP) is 4.99. The molecule has 1 saturated carbocycles. The van der Waals surface area contributed by atoms with Crippen molar-refractivity contribution in [3.8, 4) is 0 Å². The molecule has 0 spiro atoms. The zero-order valence-corrected chi connectivity index (χ0v) is 19.2. The van der Waals surface area contributed by atoms with Crippen molar-refractivity contribution in [2.75, 3.05) is 0 Å². The molecule has 0 aromatic carbocycles. The average Bonchev–Trinajstić information content (AvgIpc) is 2.81. The SMILES string of the molecule is CC1(C)CC(O)=C(C(=O)C(=N)CC(=O)O)[C@@H](O)C[C@H]1CC1CCC(C2C=CC=CC2)CC1. The highest BCUT2D eigenvalue weighted by atomic mass is 16.4. The van der Waals surface area contributed by atoms with E-state index in [9.17, 15) is 19.8 Å². The van der Waals surface area contributed by atoms with Gasteiger partial charge in [-0.05, 0) is 61.2 Å². The Morgan fingerprint density at radius 3 is 2.44 bits per heavy atom. The molecule has 1 fully saturated rings. The van der Waals surface area contributed by atoms with E-state index in [0.29, 0.717) is 18.3 Å². The van der Waals surface area contributed by atoms with Crippen LogP contribution in [0.5, 0.6) is 0 Å². The normalized spacial score (nSPS) is 32.4. The van der Waals surface area contributed by atoms with Crippen LogP contribution in [-0.2, 0) is 9.59 Å². The van der Waals surface area contributed by atoms with Crippen molar-refractivity contribution in [3.63, 3.8) is 0 Å². The Hall–Kier alpha value is -2.21. The second-order valence-corrected chi connectivity index (χ2v) is 10.6. The number of hydrogen-bond donors (Lipinski definition) is 4. The third kappa shape index (κ3) is 5.77. The number of aliphatic hydroxyl groups is 2. The summed E-state index contributed by atoms with van der Waals surface area (Å²) in [5.41, 5.74) is -1.11. The molecule has 1 unspecified atom stereocenters. The number of ketones is 1. The first-order valence-corrected chi connectivity index (χ1v) is 11.9. The molecule has 6 nitrogen and oxygen atoms in total. The molecule has 0 radical (unpaired) electrons. The molecule has 6 heteroatoms. The van der Waals surface area contributed by atoms with E-state index in [1.165, 1.54) is 12.8 Å². The summed E-state index contributed by atoms with van der Waals surface area (Å²) in [4.78, 5) is 23.5. The van der Waals surface area contributed by atoms with Crippen LogP contribution in [-0.4, -0.2) is 38.9 Å². The molecule has 0 saturated heterocycles. The molecule has 3 rings (SSSR count). The molecule has 0 heterocycles. The maximum absolute atomic E-state index is 12.6.